The Morgan fingerprint density at radius 3 is 3.00 bits per heavy atom. The Balaban J connectivity index is 1.58. The van der Waals surface area contributed by atoms with Crippen molar-refractivity contribution in [3.8, 4) is 0 Å². The van der Waals surface area contributed by atoms with E-state index in [1.165, 1.54) is 11.5 Å². The number of likely N-dealkylation sites (N-methyl/N-ethyl adjacent to an activating group) is 1. The second-order valence-corrected chi connectivity index (χ2v) is 7.04. The van der Waals surface area contributed by atoms with Crippen molar-refractivity contribution in [3.05, 3.63) is 10.6 Å². The summed E-state index contributed by atoms with van der Waals surface area (Å²) in [7, 11) is 2.11. The van der Waals surface area contributed by atoms with Crippen molar-refractivity contribution in [2.45, 2.75) is 37.3 Å². The summed E-state index contributed by atoms with van der Waals surface area (Å²) in [5.41, 5.74) is 0.928. The van der Waals surface area contributed by atoms with E-state index >= 15 is 0 Å². The molecule has 4 rings (SSSR count). The lowest BCUT2D eigenvalue weighted by Gasteiger charge is -2.46. The van der Waals surface area contributed by atoms with Crippen molar-refractivity contribution in [3.63, 3.8) is 0 Å². The van der Waals surface area contributed by atoms with E-state index in [0.717, 1.165) is 42.9 Å². The van der Waals surface area contributed by atoms with Gasteiger partial charge in [0.25, 0.3) is 5.91 Å². The third-order valence-electron chi connectivity index (χ3n) is 4.72. The molecule has 0 unspecified atom stereocenters. The minimum absolute atomic E-state index is 0.112. The number of morpholine rings is 1. The van der Waals surface area contributed by atoms with Crippen molar-refractivity contribution in [1.29, 1.82) is 0 Å². The molecule has 2 saturated heterocycles. The molecule has 0 bridgehead atoms. The van der Waals surface area contributed by atoms with Crippen LogP contribution in [0.15, 0.2) is 0 Å². The fourth-order valence-electron chi connectivity index (χ4n) is 3.38. The van der Waals surface area contributed by atoms with E-state index in [9.17, 15) is 4.79 Å². The molecule has 6 nitrogen and oxygen atoms in total. The van der Waals surface area contributed by atoms with Crippen LogP contribution in [0.4, 0.5) is 0 Å². The molecule has 1 aromatic rings. The van der Waals surface area contributed by atoms with Crippen LogP contribution in [0.1, 0.15) is 40.5 Å². The number of hydrogen-bond acceptors (Lipinski definition) is 6. The Morgan fingerprint density at radius 1 is 1.33 bits per heavy atom. The van der Waals surface area contributed by atoms with E-state index in [1.807, 2.05) is 4.90 Å². The van der Waals surface area contributed by atoms with Gasteiger partial charge in [0.05, 0.1) is 24.4 Å². The molecule has 2 atom stereocenters. The molecule has 1 aliphatic carbocycles. The second-order valence-electron chi connectivity index (χ2n) is 6.29. The maximum atomic E-state index is 13.0. The number of ether oxygens (including phenoxy) is 1. The summed E-state index contributed by atoms with van der Waals surface area (Å²) in [5.74, 6) is 0.578. The molecular formula is C14H20N4O2S. The van der Waals surface area contributed by atoms with Crippen molar-refractivity contribution in [1.82, 2.24) is 19.4 Å². The molecule has 0 spiro atoms. The molecule has 21 heavy (non-hydrogen) atoms. The predicted octanol–water partition coefficient (Wildman–Crippen LogP) is 0.961. The molecular weight excluding hydrogens is 288 g/mol. The van der Waals surface area contributed by atoms with Crippen LogP contribution in [0.2, 0.25) is 0 Å². The first-order chi connectivity index (χ1) is 10.2. The van der Waals surface area contributed by atoms with Crippen LogP contribution in [-0.4, -0.2) is 70.7 Å². The van der Waals surface area contributed by atoms with Crippen LogP contribution in [-0.2, 0) is 4.74 Å². The lowest BCUT2D eigenvalue weighted by atomic mass is 9.98. The van der Waals surface area contributed by atoms with Gasteiger partial charge in [0.2, 0.25) is 0 Å². The fraction of sp³-hybridized carbons (Fsp3) is 0.786. The Morgan fingerprint density at radius 2 is 2.19 bits per heavy atom. The van der Waals surface area contributed by atoms with E-state index in [-0.39, 0.29) is 18.1 Å². The first kappa shape index (κ1) is 13.6. The third kappa shape index (κ3) is 2.47. The summed E-state index contributed by atoms with van der Waals surface area (Å²) in [6.07, 6.45) is 3.47. The Hall–Kier alpha value is -1.05. The lowest BCUT2D eigenvalue weighted by molar-refractivity contribution is -0.0869. The monoisotopic (exact) mass is 308 g/mol. The molecule has 0 N–H and O–H groups in total. The van der Waals surface area contributed by atoms with Gasteiger partial charge in [0.15, 0.2) is 0 Å². The number of likely N-dealkylation sites (tertiary alicyclic amines) is 1. The number of carbonyl (C=O) groups excluding carboxylic acids is 1. The van der Waals surface area contributed by atoms with Crippen molar-refractivity contribution >= 4 is 17.4 Å². The van der Waals surface area contributed by atoms with Crippen molar-refractivity contribution in [2.24, 2.45) is 0 Å². The van der Waals surface area contributed by atoms with Crippen molar-refractivity contribution < 1.29 is 9.53 Å². The zero-order valence-electron chi connectivity index (χ0n) is 12.2. The number of amides is 1. The average Bonchev–Trinajstić information content (AvgIpc) is 3.23. The largest absolute Gasteiger partial charge is 0.374 e. The highest BCUT2D eigenvalue weighted by Crippen LogP contribution is 2.41. The molecule has 0 aromatic carbocycles. The van der Waals surface area contributed by atoms with Crippen LogP contribution in [0, 0.1) is 0 Å². The lowest BCUT2D eigenvalue weighted by Crippen LogP contribution is -2.60. The minimum atomic E-state index is 0.112. The molecule has 1 aromatic heterocycles. The van der Waals surface area contributed by atoms with Crippen LogP contribution >= 0.6 is 11.5 Å². The number of rotatable bonds is 2. The fourth-order valence-corrected chi connectivity index (χ4v) is 4.09. The predicted molar refractivity (Wildman–Crippen MR) is 78.6 cm³/mol. The van der Waals surface area contributed by atoms with Gasteiger partial charge >= 0.3 is 0 Å². The van der Waals surface area contributed by atoms with Crippen LogP contribution in [0.3, 0.4) is 0 Å². The zero-order valence-corrected chi connectivity index (χ0v) is 13.0. The quantitative estimate of drug-likeness (QED) is 0.814. The number of nitrogens with zero attached hydrogens (tertiary/aromatic N) is 4. The third-order valence-corrected chi connectivity index (χ3v) is 5.45. The van der Waals surface area contributed by atoms with Crippen LogP contribution < -0.4 is 0 Å². The second kappa shape index (κ2) is 5.30. The first-order valence-corrected chi connectivity index (χ1v) is 8.44. The molecule has 3 aliphatic rings. The molecule has 3 fully saturated rings. The summed E-state index contributed by atoms with van der Waals surface area (Å²) < 4.78 is 9.89. The van der Waals surface area contributed by atoms with Crippen molar-refractivity contribution in [2.75, 3.05) is 33.3 Å². The maximum Gasteiger partial charge on any atom is 0.267 e. The smallest absolute Gasteiger partial charge is 0.267 e. The normalized spacial score (nSPS) is 30.2. The average molecular weight is 308 g/mol. The summed E-state index contributed by atoms with van der Waals surface area (Å²) in [5, 5.41) is 4.19. The van der Waals surface area contributed by atoms with Gasteiger partial charge in [-0.25, -0.2) is 0 Å². The van der Waals surface area contributed by atoms with Gasteiger partial charge in [-0.3, -0.25) is 4.79 Å². The number of hydrogen-bond donors (Lipinski definition) is 0. The summed E-state index contributed by atoms with van der Waals surface area (Å²) >= 11 is 1.25. The van der Waals surface area contributed by atoms with Gasteiger partial charge in [0, 0.05) is 25.6 Å². The summed E-state index contributed by atoms with van der Waals surface area (Å²) in [6.45, 7) is 3.25. The highest BCUT2D eigenvalue weighted by molar-refractivity contribution is 7.08. The van der Waals surface area contributed by atoms with Gasteiger partial charge < -0.3 is 14.5 Å². The van der Waals surface area contributed by atoms with Crippen LogP contribution in [0.25, 0.3) is 0 Å². The van der Waals surface area contributed by atoms with Gasteiger partial charge in [-0.15, -0.1) is 5.10 Å². The topological polar surface area (TPSA) is 58.6 Å². The standard InChI is InChI=1S/C14H20N4O2S/c1-17-5-4-11-10(8-17)18(6-7-20-11)14(19)13-12(9-2-3-9)15-16-21-13/h9-11H,2-8H2,1H3/t10-,11+/m0/s1. The summed E-state index contributed by atoms with van der Waals surface area (Å²) in [4.78, 5) is 18.0. The Kier molecular flexibility index (Phi) is 3.43. The van der Waals surface area contributed by atoms with Gasteiger partial charge in [0.1, 0.15) is 4.88 Å². The van der Waals surface area contributed by atoms with Gasteiger partial charge in [-0.05, 0) is 37.8 Å². The molecule has 3 heterocycles. The number of carbonyl (C=O) groups is 1. The maximum absolute atomic E-state index is 13.0. The van der Waals surface area contributed by atoms with E-state index in [4.69, 9.17) is 4.74 Å². The Bertz CT molecular complexity index is 545. The number of fused-ring (bicyclic) bond motifs is 1. The van der Waals surface area contributed by atoms with Crippen LogP contribution in [0.5, 0.6) is 0 Å². The van der Waals surface area contributed by atoms with E-state index in [1.54, 1.807) is 0 Å². The molecule has 0 radical (unpaired) electrons. The minimum Gasteiger partial charge on any atom is -0.374 e. The zero-order chi connectivity index (χ0) is 14.4. The molecule has 114 valence electrons. The molecule has 7 heteroatoms. The SMILES string of the molecule is CN1CC[C@H]2OCCN(C(=O)c3snnc3C3CC3)[C@H]2C1. The van der Waals surface area contributed by atoms with Gasteiger partial charge in [-0.1, -0.05) is 4.49 Å². The van der Waals surface area contributed by atoms with E-state index < -0.39 is 0 Å². The summed E-state index contributed by atoms with van der Waals surface area (Å²) in [6, 6.07) is 0.166. The Labute approximate surface area is 128 Å². The highest BCUT2D eigenvalue weighted by Gasteiger charge is 2.41. The first-order valence-electron chi connectivity index (χ1n) is 7.67. The van der Waals surface area contributed by atoms with E-state index in [0.29, 0.717) is 19.1 Å². The molecule has 1 amide bonds. The molecule has 2 aliphatic heterocycles. The number of aromatic nitrogens is 2. The number of piperidine rings is 1. The molecule has 1 saturated carbocycles. The highest BCUT2D eigenvalue weighted by atomic mass is 32.1. The van der Waals surface area contributed by atoms with E-state index in [2.05, 4.69) is 21.5 Å². The van der Waals surface area contributed by atoms with Gasteiger partial charge in [-0.2, -0.15) is 0 Å².